The topological polar surface area (TPSA) is 85.3 Å². The van der Waals surface area contributed by atoms with Gasteiger partial charge in [-0.3, -0.25) is 9.59 Å². The Morgan fingerprint density at radius 1 is 0.906 bits per heavy atom. The first-order valence-corrected chi connectivity index (χ1v) is 10.7. The van der Waals surface area contributed by atoms with Crippen molar-refractivity contribution < 1.29 is 28.9 Å². The van der Waals surface area contributed by atoms with Gasteiger partial charge in [0.2, 0.25) is 0 Å². The summed E-state index contributed by atoms with van der Waals surface area (Å²) >= 11 is 0. The number of nitrogens with zero attached hydrogens (tertiary/aromatic N) is 1. The zero-order chi connectivity index (χ0) is 22.8. The summed E-state index contributed by atoms with van der Waals surface area (Å²) in [5.41, 5.74) is 1.02. The van der Waals surface area contributed by atoms with Crippen LogP contribution in [0.15, 0.2) is 48.0 Å². The van der Waals surface area contributed by atoms with Gasteiger partial charge in [-0.1, -0.05) is 31.0 Å². The molecule has 4 rings (SSSR count). The smallest absolute Gasteiger partial charge is 0.295 e. The van der Waals surface area contributed by atoms with Gasteiger partial charge in [-0.05, 0) is 42.7 Å². The van der Waals surface area contributed by atoms with E-state index >= 15 is 0 Å². The van der Waals surface area contributed by atoms with E-state index in [1.165, 1.54) is 14.2 Å². The van der Waals surface area contributed by atoms with Gasteiger partial charge in [0, 0.05) is 6.04 Å². The molecule has 7 nitrogen and oxygen atoms in total. The monoisotopic (exact) mass is 437 g/mol. The summed E-state index contributed by atoms with van der Waals surface area (Å²) in [6.45, 7) is 0. The van der Waals surface area contributed by atoms with Crippen LogP contribution in [0, 0.1) is 0 Å². The number of ketones is 1. The van der Waals surface area contributed by atoms with Crippen molar-refractivity contribution in [3.63, 3.8) is 0 Å². The summed E-state index contributed by atoms with van der Waals surface area (Å²) in [6, 6.07) is 11.5. The van der Waals surface area contributed by atoms with Crippen molar-refractivity contribution in [2.75, 3.05) is 21.3 Å². The number of amides is 1. The van der Waals surface area contributed by atoms with E-state index in [1.54, 1.807) is 42.3 Å². The Hall–Kier alpha value is -3.48. The Morgan fingerprint density at radius 3 is 2.03 bits per heavy atom. The summed E-state index contributed by atoms with van der Waals surface area (Å²) in [7, 11) is 4.53. The van der Waals surface area contributed by atoms with Gasteiger partial charge < -0.3 is 24.2 Å². The number of benzene rings is 2. The SMILES string of the molecule is COc1ccc(C2/C(=C(\O)c3c(OC)cccc3OC)C(=O)C(=O)N2C2CCCC2)cc1. The van der Waals surface area contributed by atoms with Crippen LogP contribution in [-0.2, 0) is 9.59 Å². The standard InChI is InChI=1S/C25H27NO6/c1-30-17-13-11-15(12-14-17)22-21(24(28)25(29)26(22)16-7-4-5-8-16)23(27)20-18(31-2)9-6-10-19(20)32-3/h6,9-14,16,22,27H,4-5,7-8H2,1-3H3/b23-21+. The van der Waals surface area contributed by atoms with Gasteiger partial charge in [0.1, 0.15) is 28.6 Å². The molecule has 0 spiro atoms. The molecule has 168 valence electrons. The summed E-state index contributed by atoms with van der Waals surface area (Å²) in [5.74, 6) is -0.238. The fourth-order valence-corrected chi connectivity index (χ4v) is 4.74. The lowest BCUT2D eigenvalue weighted by Crippen LogP contribution is -2.37. The zero-order valence-corrected chi connectivity index (χ0v) is 18.5. The number of aliphatic hydroxyl groups excluding tert-OH is 1. The number of hydrogen-bond donors (Lipinski definition) is 1. The van der Waals surface area contributed by atoms with Gasteiger partial charge in [0.05, 0.1) is 32.9 Å². The zero-order valence-electron chi connectivity index (χ0n) is 18.5. The van der Waals surface area contributed by atoms with E-state index in [-0.39, 0.29) is 22.9 Å². The molecule has 2 aromatic rings. The van der Waals surface area contributed by atoms with Crippen molar-refractivity contribution in [2.24, 2.45) is 0 Å². The van der Waals surface area contributed by atoms with Crippen LogP contribution in [0.4, 0.5) is 0 Å². The molecule has 0 bridgehead atoms. The van der Waals surface area contributed by atoms with Gasteiger partial charge in [0.25, 0.3) is 11.7 Å². The number of likely N-dealkylation sites (tertiary alicyclic amines) is 1. The van der Waals surface area contributed by atoms with Crippen LogP contribution in [0.25, 0.3) is 5.76 Å². The first kappa shape index (κ1) is 21.7. The van der Waals surface area contributed by atoms with Crippen LogP contribution in [0.3, 0.4) is 0 Å². The van der Waals surface area contributed by atoms with Crippen molar-refractivity contribution in [2.45, 2.75) is 37.8 Å². The van der Waals surface area contributed by atoms with Gasteiger partial charge >= 0.3 is 0 Å². The third kappa shape index (κ3) is 3.57. The molecule has 1 saturated carbocycles. The number of rotatable bonds is 6. The minimum atomic E-state index is -0.710. The highest BCUT2D eigenvalue weighted by molar-refractivity contribution is 6.46. The maximum Gasteiger partial charge on any atom is 0.295 e. The van der Waals surface area contributed by atoms with Gasteiger partial charge in [-0.2, -0.15) is 0 Å². The average Bonchev–Trinajstić information content (AvgIpc) is 3.44. The molecule has 1 unspecified atom stereocenters. The second kappa shape index (κ2) is 8.94. The molecule has 7 heteroatoms. The molecule has 1 heterocycles. The molecule has 2 aliphatic rings. The van der Waals surface area contributed by atoms with E-state index in [9.17, 15) is 14.7 Å². The quantitative estimate of drug-likeness (QED) is 0.417. The Balaban J connectivity index is 1.94. The number of methoxy groups -OCH3 is 3. The first-order valence-electron chi connectivity index (χ1n) is 10.7. The molecular weight excluding hydrogens is 410 g/mol. The van der Waals surface area contributed by atoms with Crippen LogP contribution in [0.5, 0.6) is 17.2 Å². The predicted molar refractivity (Wildman–Crippen MR) is 119 cm³/mol. The first-order chi connectivity index (χ1) is 15.5. The number of ether oxygens (including phenoxy) is 3. The fourth-order valence-electron chi connectivity index (χ4n) is 4.74. The highest BCUT2D eigenvalue weighted by atomic mass is 16.5. The number of Topliss-reactive ketones (excluding diaryl/α,β-unsaturated/α-hetero) is 1. The van der Waals surface area contributed by atoms with E-state index in [1.807, 2.05) is 12.1 Å². The lowest BCUT2D eigenvalue weighted by atomic mass is 9.94. The maximum absolute atomic E-state index is 13.3. The van der Waals surface area contributed by atoms with E-state index in [2.05, 4.69) is 0 Å². The van der Waals surface area contributed by atoms with Crippen LogP contribution in [0.1, 0.15) is 42.9 Å². The number of carbonyl (C=O) groups excluding carboxylic acids is 2. The molecule has 1 aliphatic heterocycles. The molecule has 1 saturated heterocycles. The average molecular weight is 437 g/mol. The summed E-state index contributed by atoms with van der Waals surface area (Å²) in [4.78, 5) is 28.1. The largest absolute Gasteiger partial charge is 0.506 e. The Morgan fingerprint density at radius 2 is 1.50 bits per heavy atom. The Kier molecular flexibility index (Phi) is 6.08. The summed E-state index contributed by atoms with van der Waals surface area (Å²) < 4.78 is 16.1. The Labute approximate surface area is 187 Å². The molecule has 2 fully saturated rings. The fraction of sp³-hybridized carbons (Fsp3) is 0.360. The molecule has 1 amide bonds. The molecular formula is C25H27NO6. The molecule has 1 atom stereocenters. The molecule has 0 radical (unpaired) electrons. The van der Waals surface area contributed by atoms with Crippen LogP contribution >= 0.6 is 0 Å². The Bertz CT molecular complexity index is 1030. The van der Waals surface area contributed by atoms with Crippen molar-refractivity contribution in [1.29, 1.82) is 0 Å². The predicted octanol–water partition coefficient (Wildman–Crippen LogP) is 4.08. The lowest BCUT2D eigenvalue weighted by molar-refractivity contribution is -0.141. The van der Waals surface area contributed by atoms with E-state index in [4.69, 9.17) is 14.2 Å². The lowest BCUT2D eigenvalue weighted by Gasteiger charge is -2.31. The molecule has 32 heavy (non-hydrogen) atoms. The number of hydrogen-bond acceptors (Lipinski definition) is 6. The molecule has 0 aromatic heterocycles. The second-order valence-electron chi connectivity index (χ2n) is 7.96. The highest BCUT2D eigenvalue weighted by Crippen LogP contribution is 2.46. The van der Waals surface area contributed by atoms with E-state index < -0.39 is 17.7 Å². The molecule has 1 N–H and O–H groups in total. The third-order valence-corrected chi connectivity index (χ3v) is 6.29. The van der Waals surface area contributed by atoms with Gasteiger partial charge in [-0.25, -0.2) is 0 Å². The number of carbonyl (C=O) groups is 2. The molecule has 2 aromatic carbocycles. The van der Waals surface area contributed by atoms with Crippen molar-refractivity contribution in [3.8, 4) is 17.2 Å². The summed E-state index contributed by atoms with van der Waals surface area (Å²) in [5, 5.41) is 11.4. The van der Waals surface area contributed by atoms with Crippen LogP contribution in [-0.4, -0.2) is 49.1 Å². The van der Waals surface area contributed by atoms with Crippen LogP contribution in [0.2, 0.25) is 0 Å². The van der Waals surface area contributed by atoms with E-state index in [0.717, 1.165) is 31.2 Å². The van der Waals surface area contributed by atoms with E-state index in [0.29, 0.717) is 17.2 Å². The number of aliphatic hydroxyl groups is 1. The minimum absolute atomic E-state index is 0.0369. The van der Waals surface area contributed by atoms with Crippen LogP contribution < -0.4 is 14.2 Å². The van der Waals surface area contributed by atoms with Crippen molar-refractivity contribution >= 4 is 17.4 Å². The highest BCUT2D eigenvalue weighted by Gasteiger charge is 2.49. The second-order valence-corrected chi connectivity index (χ2v) is 7.96. The van der Waals surface area contributed by atoms with Crippen molar-refractivity contribution in [1.82, 2.24) is 4.90 Å². The summed E-state index contributed by atoms with van der Waals surface area (Å²) in [6.07, 6.45) is 3.67. The maximum atomic E-state index is 13.3. The van der Waals surface area contributed by atoms with Gasteiger partial charge in [0.15, 0.2) is 0 Å². The molecule has 1 aliphatic carbocycles. The van der Waals surface area contributed by atoms with Gasteiger partial charge in [-0.15, -0.1) is 0 Å². The minimum Gasteiger partial charge on any atom is -0.506 e. The normalized spacial score (nSPS) is 20.6. The van der Waals surface area contributed by atoms with Crippen molar-refractivity contribution in [3.05, 3.63) is 59.2 Å². The third-order valence-electron chi connectivity index (χ3n) is 6.29.